The Morgan fingerprint density at radius 3 is 0.850 bits per heavy atom. The van der Waals surface area contributed by atoms with Crippen LogP contribution >= 0.6 is 15.6 Å². The Morgan fingerprint density at radius 1 is 0.290 bits per heavy atom. The summed E-state index contributed by atoms with van der Waals surface area (Å²) >= 11 is 0. The maximum absolute atomic E-state index is 13.1. The second-order valence-corrected chi connectivity index (χ2v) is 28.4. The van der Waals surface area contributed by atoms with Crippen molar-refractivity contribution in [3.8, 4) is 0 Å². The van der Waals surface area contributed by atoms with Gasteiger partial charge < -0.3 is 33.8 Å². The van der Waals surface area contributed by atoms with E-state index in [1.54, 1.807) is 0 Å². The van der Waals surface area contributed by atoms with Gasteiger partial charge in [-0.15, -0.1) is 0 Å². The molecular formula is C81H138O17P2. The maximum atomic E-state index is 13.1. The van der Waals surface area contributed by atoms with E-state index in [9.17, 15) is 43.2 Å². The number of hydrogen-bond donors (Lipinski definition) is 3. The van der Waals surface area contributed by atoms with Crippen LogP contribution in [-0.4, -0.2) is 96.7 Å². The molecule has 0 bridgehead atoms. The number of carbonyl (C=O) groups is 4. The van der Waals surface area contributed by atoms with Gasteiger partial charge in [0.05, 0.1) is 26.4 Å². The summed E-state index contributed by atoms with van der Waals surface area (Å²) in [6.07, 6.45) is 79.0. The molecule has 5 unspecified atom stereocenters. The van der Waals surface area contributed by atoms with Crippen LogP contribution in [0, 0.1) is 0 Å². The third-order valence-corrected chi connectivity index (χ3v) is 17.8. The van der Waals surface area contributed by atoms with Crippen molar-refractivity contribution in [1.29, 1.82) is 0 Å². The minimum absolute atomic E-state index is 0.0777. The molecule has 574 valence electrons. The van der Waals surface area contributed by atoms with E-state index in [0.29, 0.717) is 25.7 Å². The lowest BCUT2D eigenvalue weighted by molar-refractivity contribution is -0.161. The topological polar surface area (TPSA) is 237 Å². The first-order valence-corrected chi connectivity index (χ1v) is 41.8. The van der Waals surface area contributed by atoms with Crippen LogP contribution in [0.1, 0.15) is 310 Å². The lowest BCUT2D eigenvalue weighted by Crippen LogP contribution is -2.30. The van der Waals surface area contributed by atoms with E-state index in [2.05, 4.69) is 149 Å². The van der Waals surface area contributed by atoms with E-state index in [1.165, 1.54) is 12.8 Å². The largest absolute Gasteiger partial charge is 0.472 e. The fourth-order valence-corrected chi connectivity index (χ4v) is 11.6. The first-order valence-electron chi connectivity index (χ1n) is 38.8. The molecule has 0 aliphatic rings. The molecule has 0 aromatic heterocycles. The van der Waals surface area contributed by atoms with E-state index in [0.717, 1.165) is 218 Å². The summed E-state index contributed by atoms with van der Waals surface area (Å²) < 4.78 is 68.5. The standard InChI is InChI=1S/C81H138O17P2/c1-5-9-13-17-21-25-29-32-34-36-37-39-40-43-47-50-54-58-62-66-79(84)92-72-77(98-81(86)68-64-60-56-52-48-44-41-38-35-33-30-26-22-18-14-10-6-2)74-96-100(89,90)94-70-75(82)69-93-99(87,88)95-73-76(97-80(85)67-63-59-55-51-45-28-24-20-16-12-8-4)71-91-78(83)65-61-57-53-49-46-42-31-27-23-19-15-11-7-3/h9-10,13-15,19-22,24-27,31-35,37,39,75-77,82H,5-8,11-12,16-18,23,28-30,36,38,40-74H2,1-4H3,(H,87,88)(H,89,90)/b13-9-,14-10-,19-15-,24-20-,25-21-,26-22-,31-27-,34-32-,35-33-,39-37-. The number of rotatable bonds is 72. The molecule has 0 aliphatic carbocycles. The third kappa shape index (κ3) is 71.8. The molecule has 0 fully saturated rings. The van der Waals surface area contributed by atoms with Crippen LogP contribution in [0.3, 0.4) is 0 Å². The van der Waals surface area contributed by atoms with Crippen molar-refractivity contribution in [2.45, 2.75) is 329 Å². The van der Waals surface area contributed by atoms with Crippen LogP contribution in [0.5, 0.6) is 0 Å². The molecule has 0 radical (unpaired) electrons. The Bertz CT molecular complexity index is 2370. The SMILES string of the molecule is CC/C=C\C/C=C\C/C=C\C/C=C\CCCCCCCCC(=O)OCC(COP(=O)(O)OCC(O)COP(=O)(O)OCC(COC(=O)CCCCCCC/C=C\C/C=C\CCC)OC(=O)CCCCCCC/C=C\CCCC)OC(=O)CCCCCCCCC/C=C\C/C=C\C/C=C\CC. The Hall–Kier alpha value is -4.54. The first kappa shape index (κ1) is 95.5. The van der Waals surface area contributed by atoms with Gasteiger partial charge in [0, 0.05) is 25.7 Å². The van der Waals surface area contributed by atoms with Crippen LogP contribution in [0.2, 0.25) is 0 Å². The van der Waals surface area contributed by atoms with Gasteiger partial charge >= 0.3 is 39.5 Å². The fraction of sp³-hybridized carbons (Fsp3) is 0.704. The average molecular weight is 1450 g/mol. The Kier molecular flexibility index (Phi) is 69.5. The highest BCUT2D eigenvalue weighted by molar-refractivity contribution is 7.47. The van der Waals surface area contributed by atoms with E-state index in [1.807, 2.05) is 0 Å². The van der Waals surface area contributed by atoms with Gasteiger partial charge in [-0.1, -0.05) is 265 Å². The molecular weight excluding hydrogens is 1310 g/mol. The molecule has 0 saturated carbocycles. The summed E-state index contributed by atoms with van der Waals surface area (Å²) in [5.74, 6) is -2.22. The number of hydrogen-bond acceptors (Lipinski definition) is 15. The monoisotopic (exact) mass is 1440 g/mol. The van der Waals surface area contributed by atoms with Crippen molar-refractivity contribution in [1.82, 2.24) is 0 Å². The maximum Gasteiger partial charge on any atom is 0.472 e. The zero-order chi connectivity index (χ0) is 73.2. The second-order valence-electron chi connectivity index (χ2n) is 25.5. The first-order chi connectivity index (χ1) is 48.7. The highest BCUT2D eigenvalue weighted by Gasteiger charge is 2.30. The average Bonchev–Trinajstić information content (AvgIpc) is 0.930. The summed E-state index contributed by atoms with van der Waals surface area (Å²) in [5.41, 5.74) is 0. The molecule has 0 heterocycles. The quantitative estimate of drug-likeness (QED) is 0.0169. The van der Waals surface area contributed by atoms with Crippen LogP contribution in [-0.2, 0) is 65.4 Å². The van der Waals surface area contributed by atoms with Gasteiger partial charge in [-0.25, -0.2) is 9.13 Å². The second kappa shape index (κ2) is 72.8. The molecule has 0 amide bonds. The molecule has 0 rings (SSSR count). The summed E-state index contributed by atoms with van der Waals surface area (Å²) in [6, 6.07) is 0. The minimum Gasteiger partial charge on any atom is -0.462 e. The highest BCUT2D eigenvalue weighted by Crippen LogP contribution is 2.45. The fourth-order valence-electron chi connectivity index (χ4n) is 10.0. The molecule has 0 spiro atoms. The number of aliphatic hydroxyl groups excluding tert-OH is 1. The highest BCUT2D eigenvalue weighted by atomic mass is 31.2. The van der Waals surface area contributed by atoms with Gasteiger partial charge in [0.2, 0.25) is 0 Å². The molecule has 3 N–H and O–H groups in total. The van der Waals surface area contributed by atoms with Gasteiger partial charge in [0.15, 0.2) is 12.2 Å². The number of esters is 4. The Morgan fingerprint density at radius 2 is 0.540 bits per heavy atom. The molecule has 0 saturated heterocycles. The van der Waals surface area contributed by atoms with Crippen LogP contribution in [0.25, 0.3) is 0 Å². The third-order valence-electron chi connectivity index (χ3n) is 15.9. The van der Waals surface area contributed by atoms with E-state index >= 15 is 0 Å². The van der Waals surface area contributed by atoms with Crippen molar-refractivity contribution in [3.63, 3.8) is 0 Å². The normalized spacial score (nSPS) is 14.6. The Balaban J connectivity index is 5.35. The number of unbranched alkanes of at least 4 members (excludes halogenated alkanes) is 26. The summed E-state index contributed by atoms with van der Waals surface area (Å²) in [6.45, 7) is 4.50. The van der Waals surface area contributed by atoms with E-state index in [4.69, 9.17) is 37.0 Å². The molecule has 100 heavy (non-hydrogen) atoms. The molecule has 0 aromatic rings. The number of phosphoric acid groups is 2. The number of carbonyl (C=O) groups excluding carboxylic acids is 4. The number of allylic oxidation sites excluding steroid dienone is 20. The number of phosphoric ester groups is 2. The van der Waals surface area contributed by atoms with Gasteiger partial charge in [0.25, 0.3) is 0 Å². The molecule has 0 aromatic carbocycles. The smallest absolute Gasteiger partial charge is 0.462 e. The van der Waals surface area contributed by atoms with Crippen molar-refractivity contribution < 1.29 is 80.2 Å². The van der Waals surface area contributed by atoms with Crippen molar-refractivity contribution in [2.75, 3.05) is 39.6 Å². The predicted octanol–water partition coefficient (Wildman–Crippen LogP) is 22.3. The number of aliphatic hydroxyl groups is 1. The lowest BCUT2D eigenvalue weighted by atomic mass is 10.1. The minimum atomic E-state index is -4.98. The van der Waals surface area contributed by atoms with Crippen LogP contribution in [0.4, 0.5) is 0 Å². The predicted molar refractivity (Wildman–Crippen MR) is 408 cm³/mol. The van der Waals surface area contributed by atoms with Gasteiger partial charge in [-0.05, 0) is 141 Å². The van der Waals surface area contributed by atoms with Gasteiger partial charge in [0.1, 0.15) is 19.3 Å². The zero-order valence-corrected chi connectivity index (χ0v) is 64.4. The molecule has 0 aliphatic heterocycles. The van der Waals surface area contributed by atoms with Crippen molar-refractivity contribution in [3.05, 3.63) is 122 Å². The number of ether oxygens (including phenoxy) is 4. The lowest BCUT2D eigenvalue weighted by Gasteiger charge is -2.21. The summed E-state index contributed by atoms with van der Waals surface area (Å²) in [7, 11) is -9.96. The summed E-state index contributed by atoms with van der Waals surface area (Å²) in [4.78, 5) is 72.9. The molecule has 19 heteroatoms. The van der Waals surface area contributed by atoms with Crippen LogP contribution < -0.4 is 0 Å². The van der Waals surface area contributed by atoms with Gasteiger partial charge in [-0.3, -0.25) is 37.3 Å². The van der Waals surface area contributed by atoms with E-state index < -0.39 is 97.5 Å². The van der Waals surface area contributed by atoms with Crippen molar-refractivity contribution >= 4 is 39.5 Å². The van der Waals surface area contributed by atoms with E-state index in [-0.39, 0.29) is 25.7 Å². The molecule has 17 nitrogen and oxygen atoms in total. The van der Waals surface area contributed by atoms with Gasteiger partial charge in [-0.2, -0.15) is 0 Å². The Labute approximate surface area is 606 Å². The van der Waals surface area contributed by atoms with Crippen molar-refractivity contribution in [2.24, 2.45) is 0 Å². The van der Waals surface area contributed by atoms with Crippen LogP contribution in [0.15, 0.2) is 122 Å². The molecule has 5 atom stereocenters. The summed E-state index contributed by atoms with van der Waals surface area (Å²) in [5, 5.41) is 10.6. The zero-order valence-electron chi connectivity index (χ0n) is 62.6.